The number of aliphatic hydroxyl groups excluding tert-OH is 1. The van der Waals surface area contributed by atoms with E-state index < -0.39 is 12.1 Å². The smallest absolute Gasteiger partial charge is 0.339 e. The predicted octanol–water partition coefficient (Wildman–Crippen LogP) is 2.00. The van der Waals surface area contributed by atoms with E-state index in [1.807, 2.05) is 18.4 Å². The number of carbonyl (C=O) groups is 1. The maximum absolute atomic E-state index is 11.3. The van der Waals surface area contributed by atoms with Crippen molar-refractivity contribution in [3.63, 3.8) is 0 Å². The Balaban J connectivity index is 2.81. The lowest BCUT2D eigenvalue weighted by Gasteiger charge is -2.10. The first-order valence-corrected chi connectivity index (χ1v) is 5.90. The van der Waals surface area contributed by atoms with E-state index in [1.165, 1.54) is 0 Å². The Morgan fingerprint density at radius 1 is 1.60 bits per heavy atom. The van der Waals surface area contributed by atoms with Crippen LogP contribution in [0, 0.1) is 0 Å². The zero-order valence-corrected chi connectivity index (χ0v) is 9.58. The van der Waals surface area contributed by atoms with Gasteiger partial charge in [-0.05, 0) is 30.9 Å². The molecule has 1 aromatic rings. The van der Waals surface area contributed by atoms with Crippen LogP contribution in [0.5, 0.6) is 0 Å². The van der Waals surface area contributed by atoms with Crippen LogP contribution >= 0.6 is 11.8 Å². The lowest BCUT2D eigenvalue weighted by Crippen LogP contribution is -2.15. The van der Waals surface area contributed by atoms with Crippen LogP contribution in [0.3, 0.4) is 0 Å². The monoisotopic (exact) mass is 226 g/mol. The maximum atomic E-state index is 11.3. The number of benzene rings is 1. The molecule has 4 heteroatoms. The molecule has 1 rings (SSSR count). The van der Waals surface area contributed by atoms with Crippen molar-refractivity contribution in [1.82, 2.24) is 0 Å². The van der Waals surface area contributed by atoms with Gasteiger partial charge in [0, 0.05) is 4.90 Å². The predicted molar refractivity (Wildman–Crippen MR) is 59.8 cm³/mol. The van der Waals surface area contributed by atoms with E-state index >= 15 is 0 Å². The minimum atomic E-state index is -1.18. The van der Waals surface area contributed by atoms with Gasteiger partial charge in [0.05, 0.1) is 6.61 Å². The molecule has 0 aromatic heterocycles. The molecule has 0 aliphatic carbocycles. The highest BCUT2D eigenvalue weighted by Crippen LogP contribution is 2.21. The van der Waals surface area contributed by atoms with Crippen LogP contribution in [-0.4, -0.2) is 23.9 Å². The summed E-state index contributed by atoms with van der Waals surface area (Å²) in [5, 5.41) is 9.66. The lowest BCUT2D eigenvalue weighted by molar-refractivity contribution is -0.153. The van der Waals surface area contributed by atoms with Crippen molar-refractivity contribution in [2.24, 2.45) is 0 Å². The van der Waals surface area contributed by atoms with Crippen molar-refractivity contribution in [1.29, 1.82) is 0 Å². The Hall–Kier alpha value is -1.00. The van der Waals surface area contributed by atoms with Crippen LogP contribution in [0.4, 0.5) is 0 Å². The van der Waals surface area contributed by atoms with Crippen LogP contribution in [0.15, 0.2) is 29.2 Å². The Kier molecular flexibility index (Phi) is 4.65. The highest BCUT2D eigenvalue weighted by molar-refractivity contribution is 7.98. The largest absolute Gasteiger partial charge is 0.464 e. The van der Waals surface area contributed by atoms with Gasteiger partial charge in [-0.3, -0.25) is 0 Å². The third-order valence-electron chi connectivity index (χ3n) is 1.92. The zero-order valence-electron chi connectivity index (χ0n) is 8.77. The highest BCUT2D eigenvalue weighted by atomic mass is 32.2. The van der Waals surface area contributed by atoms with Gasteiger partial charge < -0.3 is 9.84 Å². The number of hydrogen-bond acceptors (Lipinski definition) is 4. The van der Waals surface area contributed by atoms with Crippen molar-refractivity contribution in [3.8, 4) is 0 Å². The van der Waals surface area contributed by atoms with Gasteiger partial charge in [0.2, 0.25) is 0 Å². The molecule has 0 amide bonds. The molecule has 3 nitrogen and oxygen atoms in total. The van der Waals surface area contributed by atoms with E-state index in [4.69, 9.17) is 4.74 Å². The number of thioether (sulfide) groups is 1. The summed E-state index contributed by atoms with van der Waals surface area (Å²) in [7, 11) is 0. The fourth-order valence-electron chi connectivity index (χ4n) is 1.17. The fraction of sp³-hybridized carbons (Fsp3) is 0.364. The normalized spacial score (nSPS) is 12.2. The first-order valence-electron chi connectivity index (χ1n) is 4.67. The van der Waals surface area contributed by atoms with E-state index in [-0.39, 0.29) is 6.61 Å². The highest BCUT2D eigenvalue weighted by Gasteiger charge is 2.18. The van der Waals surface area contributed by atoms with Gasteiger partial charge in [-0.1, -0.05) is 12.1 Å². The molecular weight excluding hydrogens is 212 g/mol. The summed E-state index contributed by atoms with van der Waals surface area (Å²) in [5.41, 5.74) is 0.570. The fourth-order valence-corrected chi connectivity index (χ4v) is 1.64. The molecule has 0 spiro atoms. The third kappa shape index (κ3) is 3.25. The standard InChI is InChI=1S/C11H14O3S/c1-3-14-11(13)10(12)8-5-4-6-9(7-8)15-2/h4-7,10,12H,3H2,1-2H3. The average molecular weight is 226 g/mol. The summed E-state index contributed by atoms with van der Waals surface area (Å²) in [6.45, 7) is 1.99. The number of hydrogen-bond donors (Lipinski definition) is 1. The second kappa shape index (κ2) is 5.78. The maximum Gasteiger partial charge on any atom is 0.339 e. The van der Waals surface area contributed by atoms with Crippen LogP contribution in [-0.2, 0) is 9.53 Å². The van der Waals surface area contributed by atoms with Crippen molar-refractivity contribution in [2.75, 3.05) is 12.9 Å². The molecule has 0 aliphatic rings. The summed E-state index contributed by atoms with van der Waals surface area (Å²) in [6.07, 6.45) is 0.757. The van der Waals surface area contributed by atoms with Crippen LogP contribution in [0.2, 0.25) is 0 Å². The molecule has 0 bridgehead atoms. The number of rotatable bonds is 4. The third-order valence-corrected chi connectivity index (χ3v) is 2.64. The first-order chi connectivity index (χ1) is 7.19. The van der Waals surface area contributed by atoms with E-state index in [2.05, 4.69) is 0 Å². The molecule has 1 unspecified atom stereocenters. The Bertz CT molecular complexity index is 338. The second-order valence-corrected chi connectivity index (χ2v) is 3.81. The van der Waals surface area contributed by atoms with Gasteiger partial charge >= 0.3 is 5.97 Å². The summed E-state index contributed by atoms with van der Waals surface area (Å²) >= 11 is 1.56. The average Bonchev–Trinajstić information content (AvgIpc) is 2.28. The minimum Gasteiger partial charge on any atom is -0.464 e. The summed E-state index contributed by atoms with van der Waals surface area (Å²) in [5.74, 6) is -0.601. The summed E-state index contributed by atoms with van der Waals surface area (Å²) in [4.78, 5) is 12.3. The molecule has 1 aromatic carbocycles. The van der Waals surface area contributed by atoms with Gasteiger partial charge in [0.15, 0.2) is 6.10 Å². The van der Waals surface area contributed by atoms with Gasteiger partial charge in [0.25, 0.3) is 0 Å². The molecular formula is C11H14O3S. The quantitative estimate of drug-likeness (QED) is 0.630. The van der Waals surface area contributed by atoms with Crippen LogP contribution < -0.4 is 0 Å². The molecule has 1 N–H and O–H groups in total. The Morgan fingerprint density at radius 2 is 2.33 bits per heavy atom. The van der Waals surface area contributed by atoms with Crippen molar-refractivity contribution in [3.05, 3.63) is 29.8 Å². The molecule has 1 atom stereocenters. The molecule has 15 heavy (non-hydrogen) atoms. The molecule has 0 fully saturated rings. The second-order valence-electron chi connectivity index (χ2n) is 2.93. The molecule has 0 radical (unpaired) electrons. The molecule has 0 saturated carbocycles. The molecule has 0 saturated heterocycles. The Labute approximate surface area is 93.4 Å². The van der Waals surface area contributed by atoms with E-state index in [0.717, 1.165) is 4.90 Å². The molecule has 82 valence electrons. The SMILES string of the molecule is CCOC(=O)C(O)c1cccc(SC)c1. The van der Waals surface area contributed by atoms with Crippen molar-refractivity contribution >= 4 is 17.7 Å². The number of ether oxygens (including phenoxy) is 1. The van der Waals surface area contributed by atoms with Crippen molar-refractivity contribution in [2.45, 2.75) is 17.9 Å². The summed E-state index contributed by atoms with van der Waals surface area (Å²) < 4.78 is 4.74. The number of aliphatic hydroxyl groups is 1. The van der Waals surface area contributed by atoms with Gasteiger partial charge in [-0.2, -0.15) is 0 Å². The first kappa shape index (κ1) is 12.1. The lowest BCUT2D eigenvalue weighted by atomic mass is 10.1. The van der Waals surface area contributed by atoms with Crippen LogP contribution in [0.1, 0.15) is 18.6 Å². The summed E-state index contributed by atoms with van der Waals surface area (Å²) in [6, 6.07) is 7.23. The topological polar surface area (TPSA) is 46.5 Å². The van der Waals surface area contributed by atoms with Gasteiger partial charge in [0.1, 0.15) is 0 Å². The van der Waals surface area contributed by atoms with Gasteiger partial charge in [-0.25, -0.2) is 4.79 Å². The number of carbonyl (C=O) groups excluding carboxylic acids is 1. The van der Waals surface area contributed by atoms with Crippen LogP contribution in [0.25, 0.3) is 0 Å². The zero-order chi connectivity index (χ0) is 11.3. The van der Waals surface area contributed by atoms with Gasteiger partial charge in [-0.15, -0.1) is 11.8 Å². The van der Waals surface area contributed by atoms with E-state index in [9.17, 15) is 9.90 Å². The van der Waals surface area contributed by atoms with E-state index in [1.54, 1.807) is 30.8 Å². The Morgan fingerprint density at radius 3 is 2.93 bits per heavy atom. The number of esters is 1. The van der Waals surface area contributed by atoms with E-state index in [0.29, 0.717) is 5.56 Å². The molecule has 0 aliphatic heterocycles. The van der Waals surface area contributed by atoms with Crippen molar-refractivity contribution < 1.29 is 14.6 Å². The minimum absolute atomic E-state index is 0.276. The molecule has 0 heterocycles.